The number of hydrogen-bond donors (Lipinski definition) is 1. The summed E-state index contributed by atoms with van der Waals surface area (Å²) in [5.41, 5.74) is 0. The first-order chi connectivity index (χ1) is 8.56. The van der Waals surface area contributed by atoms with Crippen molar-refractivity contribution in [1.82, 2.24) is 14.8 Å². The molecule has 7 heteroatoms. The second-order valence-electron chi connectivity index (χ2n) is 4.21. The van der Waals surface area contributed by atoms with Crippen molar-refractivity contribution in [3.8, 4) is 0 Å². The highest BCUT2D eigenvalue weighted by Crippen LogP contribution is 2.15. The van der Waals surface area contributed by atoms with Gasteiger partial charge in [0.2, 0.25) is 0 Å². The molecule has 0 bridgehead atoms. The molecule has 1 aliphatic heterocycles. The highest BCUT2D eigenvalue weighted by atomic mass is 32.1. The van der Waals surface area contributed by atoms with Crippen LogP contribution in [-0.4, -0.2) is 64.5 Å². The lowest BCUT2D eigenvalue weighted by atomic mass is 10.3. The molecule has 0 radical (unpaired) electrons. The van der Waals surface area contributed by atoms with Crippen LogP contribution in [0.1, 0.15) is 14.7 Å². The van der Waals surface area contributed by atoms with Crippen molar-refractivity contribution in [2.75, 3.05) is 32.7 Å². The van der Waals surface area contributed by atoms with Crippen molar-refractivity contribution >= 4 is 23.2 Å². The number of carboxylic acid groups (broad SMARTS) is 1. The molecule has 2 rings (SSSR count). The Balaban J connectivity index is 1.90. The molecule has 2 heterocycles. The third-order valence-corrected chi connectivity index (χ3v) is 3.75. The van der Waals surface area contributed by atoms with Crippen LogP contribution in [0.15, 0.2) is 6.20 Å². The number of thiazole rings is 1. The van der Waals surface area contributed by atoms with E-state index in [1.807, 2.05) is 11.8 Å². The molecule has 0 spiro atoms. The summed E-state index contributed by atoms with van der Waals surface area (Å²) in [7, 11) is 0. The van der Waals surface area contributed by atoms with Crippen LogP contribution in [0.5, 0.6) is 0 Å². The normalized spacial score (nSPS) is 16.8. The van der Waals surface area contributed by atoms with E-state index in [0.717, 1.165) is 5.01 Å². The summed E-state index contributed by atoms with van der Waals surface area (Å²) in [5.74, 6) is -0.830. The van der Waals surface area contributed by atoms with Gasteiger partial charge in [0.15, 0.2) is 0 Å². The van der Waals surface area contributed by atoms with E-state index in [9.17, 15) is 9.59 Å². The molecule has 1 amide bonds. The van der Waals surface area contributed by atoms with E-state index in [1.54, 1.807) is 11.1 Å². The van der Waals surface area contributed by atoms with Crippen molar-refractivity contribution < 1.29 is 14.7 Å². The molecule has 18 heavy (non-hydrogen) atoms. The van der Waals surface area contributed by atoms with E-state index in [0.29, 0.717) is 31.1 Å². The van der Waals surface area contributed by atoms with E-state index in [-0.39, 0.29) is 12.5 Å². The van der Waals surface area contributed by atoms with Gasteiger partial charge < -0.3 is 10.0 Å². The summed E-state index contributed by atoms with van der Waals surface area (Å²) in [6.07, 6.45) is 1.60. The Labute approximate surface area is 109 Å². The molecule has 0 aromatic carbocycles. The van der Waals surface area contributed by atoms with Crippen LogP contribution in [-0.2, 0) is 4.79 Å². The maximum absolute atomic E-state index is 12.1. The van der Waals surface area contributed by atoms with Gasteiger partial charge in [0.25, 0.3) is 5.91 Å². The molecule has 0 aliphatic carbocycles. The van der Waals surface area contributed by atoms with E-state index in [1.165, 1.54) is 11.3 Å². The Morgan fingerprint density at radius 3 is 2.56 bits per heavy atom. The zero-order valence-corrected chi connectivity index (χ0v) is 10.9. The summed E-state index contributed by atoms with van der Waals surface area (Å²) in [4.78, 5) is 31.0. The SMILES string of the molecule is Cc1ncc(C(=O)N2CCN(CC(=O)O)CC2)s1. The van der Waals surface area contributed by atoms with Gasteiger partial charge in [-0.1, -0.05) is 0 Å². The van der Waals surface area contributed by atoms with Gasteiger partial charge in [0, 0.05) is 26.2 Å². The topological polar surface area (TPSA) is 73.7 Å². The number of aliphatic carboxylic acids is 1. The van der Waals surface area contributed by atoms with Crippen LogP contribution in [0.2, 0.25) is 0 Å². The molecule has 1 aliphatic rings. The maximum Gasteiger partial charge on any atom is 0.317 e. The lowest BCUT2D eigenvalue weighted by Gasteiger charge is -2.33. The molecule has 98 valence electrons. The van der Waals surface area contributed by atoms with E-state index in [4.69, 9.17) is 5.11 Å². The van der Waals surface area contributed by atoms with E-state index in [2.05, 4.69) is 4.98 Å². The highest BCUT2D eigenvalue weighted by molar-refractivity contribution is 7.13. The fourth-order valence-corrected chi connectivity index (χ4v) is 2.66. The molecular formula is C11H15N3O3S. The number of nitrogens with zero attached hydrogens (tertiary/aromatic N) is 3. The average molecular weight is 269 g/mol. The van der Waals surface area contributed by atoms with Crippen LogP contribution < -0.4 is 0 Å². The minimum Gasteiger partial charge on any atom is -0.480 e. The molecule has 1 fully saturated rings. The maximum atomic E-state index is 12.1. The van der Waals surface area contributed by atoms with Gasteiger partial charge in [-0.25, -0.2) is 4.98 Å². The van der Waals surface area contributed by atoms with Crippen molar-refractivity contribution in [1.29, 1.82) is 0 Å². The minimum absolute atomic E-state index is 0.00410. The molecule has 1 saturated heterocycles. The zero-order chi connectivity index (χ0) is 13.1. The Kier molecular flexibility index (Phi) is 3.93. The lowest BCUT2D eigenvalue weighted by molar-refractivity contribution is -0.138. The number of carbonyl (C=O) groups excluding carboxylic acids is 1. The highest BCUT2D eigenvalue weighted by Gasteiger charge is 2.24. The Morgan fingerprint density at radius 1 is 1.39 bits per heavy atom. The zero-order valence-electron chi connectivity index (χ0n) is 10.1. The molecule has 0 unspecified atom stereocenters. The third kappa shape index (κ3) is 3.05. The first-order valence-electron chi connectivity index (χ1n) is 5.72. The number of carbonyl (C=O) groups is 2. The van der Waals surface area contributed by atoms with Gasteiger partial charge in [0.1, 0.15) is 4.88 Å². The Bertz CT molecular complexity index is 452. The predicted octanol–water partition coefficient (Wildman–Crippen LogP) is 0.294. The second kappa shape index (κ2) is 5.45. The number of rotatable bonds is 3. The lowest BCUT2D eigenvalue weighted by Crippen LogP contribution is -2.49. The van der Waals surface area contributed by atoms with Crippen molar-refractivity contribution in [2.45, 2.75) is 6.92 Å². The molecule has 1 aromatic heterocycles. The monoisotopic (exact) mass is 269 g/mol. The van der Waals surface area contributed by atoms with Crippen LogP contribution in [0, 0.1) is 6.92 Å². The van der Waals surface area contributed by atoms with Gasteiger partial charge in [0.05, 0.1) is 17.7 Å². The van der Waals surface area contributed by atoms with Crippen molar-refractivity contribution in [3.05, 3.63) is 16.1 Å². The summed E-state index contributed by atoms with van der Waals surface area (Å²) < 4.78 is 0. The van der Waals surface area contributed by atoms with Crippen molar-refractivity contribution in [3.63, 3.8) is 0 Å². The van der Waals surface area contributed by atoms with Gasteiger partial charge in [-0.05, 0) is 6.92 Å². The number of amides is 1. The molecule has 1 aromatic rings. The third-order valence-electron chi connectivity index (χ3n) is 2.85. The molecular weight excluding hydrogens is 254 g/mol. The summed E-state index contributed by atoms with van der Waals surface area (Å²) in [6, 6.07) is 0. The second-order valence-corrected chi connectivity index (χ2v) is 5.44. The standard InChI is InChI=1S/C11H15N3O3S/c1-8-12-6-9(18-8)11(17)14-4-2-13(3-5-14)7-10(15)16/h6H,2-5,7H2,1H3,(H,15,16). The molecule has 1 N–H and O–H groups in total. The largest absolute Gasteiger partial charge is 0.480 e. The van der Waals surface area contributed by atoms with Gasteiger partial charge in [-0.15, -0.1) is 11.3 Å². The Hall–Kier alpha value is -1.47. The average Bonchev–Trinajstić information content (AvgIpc) is 2.75. The Morgan fingerprint density at radius 2 is 2.06 bits per heavy atom. The number of aromatic nitrogens is 1. The fraction of sp³-hybridized carbons (Fsp3) is 0.545. The molecule has 0 saturated carbocycles. The summed E-state index contributed by atoms with van der Waals surface area (Å²) >= 11 is 1.39. The van der Waals surface area contributed by atoms with Gasteiger partial charge in [-0.3, -0.25) is 14.5 Å². The van der Waals surface area contributed by atoms with Gasteiger partial charge in [-0.2, -0.15) is 0 Å². The number of carboxylic acids is 1. The van der Waals surface area contributed by atoms with Crippen LogP contribution in [0.4, 0.5) is 0 Å². The van der Waals surface area contributed by atoms with Crippen LogP contribution in [0.25, 0.3) is 0 Å². The molecule has 0 atom stereocenters. The van der Waals surface area contributed by atoms with E-state index >= 15 is 0 Å². The van der Waals surface area contributed by atoms with E-state index < -0.39 is 5.97 Å². The summed E-state index contributed by atoms with van der Waals surface area (Å²) in [5, 5.41) is 9.57. The predicted molar refractivity (Wildman–Crippen MR) is 66.8 cm³/mol. The van der Waals surface area contributed by atoms with Crippen LogP contribution >= 0.6 is 11.3 Å². The summed E-state index contributed by atoms with van der Waals surface area (Å²) in [6.45, 7) is 4.27. The van der Waals surface area contributed by atoms with Gasteiger partial charge >= 0.3 is 5.97 Å². The first-order valence-corrected chi connectivity index (χ1v) is 6.54. The first kappa shape index (κ1) is 13.0. The number of aryl methyl sites for hydroxylation is 1. The molecule has 6 nitrogen and oxygen atoms in total. The number of piperazine rings is 1. The van der Waals surface area contributed by atoms with Crippen molar-refractivity contribution in [2.24, 2.45) is 0 Å². The van der Waals surface area contributed by atoms with Crippen LogP contribution in [0.3, 0.4) is 0 Å². The fourth-order valence-electron chi connectivity index (χ4n) is 1.92. The minimum atomic E-state index is -0.826. The quantitative estimate of drug-likeness (QED) is 0.854. The smallest absolute Gasteiger partial charge is 0.317 e. The number of hydrogen-bond acceptors (Lipinski definition) is 5.